The number of benzene rings is 2. The molecule has 0 radical (unpaired) electrons. The van der Waals surface area contributed by atoms with E-state index in [1.54, 1.807) is 0 Å². The number of carbonyl (C=O) groups is 1. The summed E-state index contributed by atoms with van der Waals surface area (Å²) in [7, 11) is 4.20. The van der Waals surface area contributed by atoms with E-state index in [1.165, 1.54) is 11.1 Å². The Morgan fingerprint density at radius 3 is 2.58 bits per heavy atom. The molecule has 2 aliphatic rings. The number of fused-ring (bicyclic) bond motifs is 2. The SMILES string of the molecule is CN(C)CC(C)(C)c1cc2cc(CC(=O)C3(c4ccc5c(c4)OCO5)CC3)ccc2[nH]1. The van der Waals surface area contributed by atoms with E-state index in [9.17, 15) is 4.79 Å². The van der Waals surface area contributed by atoms with Crippen LogP contribution in [0.3, 0.4) is 0 Å². The van der Waals surface area contributed by atoms with Gasteiger partial charge in [0.25, 0.3) is 0 Å². The van der Waals surface area contributed by atoms with Crippen LogP contribution in [-0.4, -0.2) is 43.1 Å². The predicted molar refractivity (Wildman–Crippen MR) is 122 cm³/mol. The van der Waals surface area contributed by atoms with Gasteiger partial charge in [0.1, 0.15) is 5.78 Å². The van der Waals surface area contributed by atoms with Crippen molar-refractivity contribution in [3.05, 3.63) is 59.3 Å². The Kier molecular flexibility index (Phi) is 4.63. The highest BCUT2D eigenvalue weighted by molar-refractivity contribution is 5.95. The molecule has 5 rings (SSSR count). The number of carbonyl (C=O) groups excluding carboxylic acids is 1. The van der Waals surface area contributed by atoms with Gasteiger partial charge in [0.2, 0.25) is 6.79 Å². The highest BCUT2D eigenvalue weighted by atomic mass is 16.7. The molecule has 5 heteroatoms. The van der Waals surface area contributed by atoms with Crippen LogP contribution >= 0.6 is 0 Å². The molecule has 0 amide bonds. The zero-order valence-electron chi connectivity index (χ0n) is 18.7. The Bertz CT molecular complexity index is 1150. The molecule has 1 saturated carbocycles. The van der Waals surface area contributed by atoms with E-state index in [-0.39, 0.29) is 23.4 Å². The van der Waals surface area contributed by atoms with E-state index >= 15 is 0 Å². The molecule has 0 unspecified atom stereocenters. The van der Waals surface area contributed by atoms with Gasteiger partial charge in [-0.2, -0.15) is 0 Å². The molecule has 31 heavy (non-hydrogen) atoms. The molecule has 162 valence electrons. The molecule has 2 aromatic carbocycles. The highest BCUT2D eigenvalue weighted by Gasteiger charge is 2.50. The van der Waals surface area contributed by atoms with Crippen molar-refractivity contribution in [3.8, 4) is 11.5 Å². The monoisotopic (exact) mass is 418 g/mol. The molecule has 0 spiro atoms. The zero-order chi connectivity index (χ0) is 21.8. The molecule has 1 aliphatic heterocycles. The van der Waals surface area contributed by atoms with Crippen molar-refractivity contribution in [1.82, 2.24) is 9.88 Å². The number of hydrogen-bond acceptors (Lipinski definition) is 4. The molecule has 2 heterocycles. The molecular formula is C26H30N2O3. The van der Waals surface area contributed by atoms with Crippen LogP contribution in [0.5, 0.6) is 11.5 Å². The average Bonchev–Trinajstić information content (AvgIpc) is 3.19. The number of likely N-dealkylation sites (N-methyl/N-ethyl adjacent to an activating group) is 1. The lowest BCUT2D eigenvalue weighted by atomic mass is 9.87. The first-order valence-electron chi connectivity index (χ1n) is 11.0. The zero-order valence-corrected chi connectivity index (χ0v) is 18.7. The van der Waals surface area contributed by atoms with Gasteiger partial charge in [0.15, 0.2) is 11.5 Å². The summed E-state index contributed by atoms with van der Waals surface area (Å²) < 4.78 is 10.9. The summed E-state index contributed by atoms with van der Waals surface area (Å²) in [5, 5.41) is 1.17. The average molecular weight is 419 g/mol. The second kappa shape index (κ2) is 7.13. The molecule has 1 N–H and O–H groups in total. The maximum absolute atomic E-state index is 13.3. The highest BCUT2D eigenvalue weighted by Crippen LogP contribution is 2.51. The largest absolute Gasteiger partial charge is 0.454 e. The summed E-state index contributed by atoms with van der Waals surface area (Å²) in [5.41, 5.74) is 4.12. The fourth-order valence-electron chi connectivity index (χ4n) is 4.93. The van der Waals surface area contributed by atoms with E-state index in [1.807, 2.05) is 18.2 Å². The number of Topliss-reactive ketones (excluding diaryl/α,β-unsaturated/α-hetero) is 1. The lowest BCUT2D eigenvalue weighted by Crippen LogP contribution is -2.32. The van der Waals surface area contributed by atoms with Gasteiger partial charge in [0, 0.05) is 29.6 Å². The molecular weight excluding hydrogens is 388 g/mol. The number of rotatable bonds is 7. The molecule has 3 aromatic rings. The second-order valence-electron chi connectivity index (χ2n) is 9.98. The van der Waals surface area contributed by atoms with Crippen molar-refractivity contribution in [1.29, 1.82) is 0 Å². The van der Waals surface area contributed by atoms with Crippen LogP contribution in [0, 0.1) is 0 Å². The lowest BCUT2D eigenvalue weighted by molar-refractivity contribution is -0.120. The Labute approximate surface area is 183 Å². The summed E-state index contributed by atoms with van der Waals surface area (Å²) >= 11 is 0. The van der Waals surface area contributed by atoms with Gasteiger partial charge in [-0.15, -0.1) is 0 Å². The van der Waals surface area contributed by atoms with E-state index in [4.69, 9.17) is 9.47 Å². The summed E-state index contributed by atoms with van der Waals surface area (Å²) in [6, 6.07) is 14.5. The van der Waals surface area contributed by atoms with Crippen LogP contribution in [-0.2, 0) is 22.0 Å². The number of aromatic nitrogens is 1. The number of nitrogens with zero attached hydrogens (tertiary/aromatic N) is 1. The van der Waals surface area contributed by atoms with Crippen molar-refractivity contribution in [2.24, 2.45) is 0 Å². The van der Waals surface area contributed by atoms with Gasteiger partial charge in [-0.25, -0.2) is 0 Å². The third-order valence-electron chi connectivity index (χ3n) is 6.70. The minimum absolute atomic E-state index is 0.0237. The quantitative estimate of drug-likeness (QED) is 0.610. The van der Waals surface area contributed by atoms with Crippen LogP contribution in [0.4, 0.5) is 0 Å². The normalized spacial score (nSPS) is 16.8. The number of nitrogens with one attached hydrogen (secondary N) is 1. The van der Waals surface area contributed by atoms with E-state index < -0.39 is 0 Å². The Hall–Kier alpha value is -2.79. The number of ether oxygens (including phenoxy) is 2. The number of ketones is 1. The van der Waals surface area contributed by atoms with Gasteiger partial charge in [-0.3, -0.25) is 4.79 Å². The van der Waals surface area contributed by atoms with Gasteiger partial charge in [-0.1, -0.05) is 26.0 Å². The van der Waals surface area contributed by atoms with Crippen LogP contribution in [0.15, 0.2) is 42.5 Å². The van der Waals surface area contributed by atoms with Gasteiger partial charge >= 0.3 is 0 Å². The smallest absolute Gasteiger partial charge is 0.231 e. The number of H-pyrrole nitrogens is 1. The minimum Gasteiger partial charge on any atom is -0.454 e. The molecule has 0 atom stereocenters. The molecule has 0 bridgehead atoms. The fourth-order valence-corrected chi connectivity index (χ4v) is 4.93. The topological polar surface area (TPSA) is 54.6 Å². The van der Waals surface area contributed by atoms with Crippen LogP contribution in [0.1, 0.15) is 43.5 Å². The Morgan fingerprint density at radius 1 is 1.06 bits per heavy atom. The summed E-state index contributed by atoms with van der Waals surface area (Å²) in [6.07, 6.45) is 2.26. The van der Waals surface area contributed by atoms with Crippen molar-refractivity contribution in [3.63, 3.8) is 0 Å². The molecule has 5 nitrogen and oxygen atoms in total. The van der Waals surface area contributed by atoms with Crippen LogP contribution in [0.2, 0.25) is 0 Å². The number of hydrogen-bond donors (Lipinski definition) is 1. The fraction of sp³-hybridized carbons (Fsp3) is 0.423. The van der Waals surface area contributed by atoms with Gasteiger partial charge in [-0.05, 0) is 73.8 Å². The second-order valence-corrected chi connectivity index (χ2v) is 9.98. The molecule has 1 aliphatic carbocycles. The molecule has 1 fully saturated rings. The van der Waals surface area contributed by atoms with Crippen molar-refractivity contribution in [2.75, 3.05) is 27.4 Å². The predicted octanol–water partition coefficient (Wildman–Crippen LogP) is 4.58. The van der Waals surface area contributed by atoms with Crippen molar-refractivity contribution in [2.45, 2.75) is 43.9 Å². The van der Waals surface area contributed by atoms with E-state index in [0.29, 0.717) is 6.42 Å². The third kappa shape index (κ3) is 3.61. The first kappa shape index (κ1) is 20.1. The van der Waals surface area contributed by atoms with Crippen molar-refractivity contribution < 1.29 is 14.3 Å². The van der Waals surface area contributed by atoms with Crippen molar-refractivity contribution >= 4 is 16.7 Å². The first-order chi connectivity index (χ1) is 14.8. The van der Waals surface area contributed by atoms with E-state index in [0.717, 1.165) is 47.5 Å². The summed E-state index contributed by atoms with van der Waals surface area (Å²) in [5.74, 6) is 1.80. The maximum Gasteiger partial charge on any atom is 0.231 e. The minimum atomic E-state index is -0.368. The standard InChI is InChI=1S/C26H30N2O3/c1-25(2,15-28(3)4)23-13-18-11-17(5-7-20(18)27-23)12-24(29)26(9-10-26)19-6-8-21-22(14-19)31-16-30-21/h5-8,11,13-14,27H,9-10,12,15-16H2,1-4H3. The maximum atomic E-state index is 13.3. The van der Waals surface area contributed by atoms with Crippen LogP contribution in [0.25, 0.3) is 10.9 Å². The van der Waals surface area contributed by atoms with Crippen LogP contribution < -0.4 is 9.47 Å². The number of aromatic amines is 1. The van der Waals surface area contributed by atoms with Gasteiger partial charge in [0.05, 0.1) is 5.41 Å². The third-order valence-corrected chi connectivity index (χ3v) is 6.70. The van der Waals surface area contributed by atoms with Gasteiger partial charge < -0.3 is 19.4 Å². The molecule has 0 saturated heterocycles. The summed E-state index contributed by atoms with van der Waals surface area (Å²) in [4.78, 5) is 19.1. The molecule has 1 aromatic heterocycles. The van der Waals surface area contributed by atoms with E-state index in [2.05, 4.69) is 62.1 Å². The Morgan fingerprint density at radius 2 is 1.84 bits per heavy atom. The lowest BCUT2D eigenvalue weighted by Gasteiger charge is -2.27. The Balaban J connectivity index is 1.37. The first-order valence-corrected chi connectivity index (χ1v) is 11.0. The summed E-state index contributed by atoms with van der Waals surface area (Å²) in [6.45, 7) is 5.72.